The van der Waals surface area contributed by atoms with E-state index in [0.29, 0.717) is 9.80 Å². The van der Waals surface area contributed by atoms with Gasteiger partial charge >= 0.3 is 0 Å². The van der Waals surface area contributed by atoms with Gasteiger partial charge in [0.25, 0.3) is 0 Å². The van der Waals surface area contributed by atoms with Gasteiger partial charge in [0.15, 0.2) is 0 Å². The van der Waals surface area contributed by atoms with Crippen molar-refractivity contribution in [1.29, 1.82) is 0 Å². The number of sulfone groups is 1. The van der Waals surface area contributed by atoms with Gasteiger partial charge in [-0.3, -0.25) is 0 Å². The number of benzene rings is 1. The second-order valence-corrected chi connectivity index (χ2v) is 7.24. The Kier molecular flexibility index (Phi) is 2.28. The fourth-order valence-corrected chi connectivity index (χ4v) is 4.06. The summed E-state index contributed by atoms with van der Waals surface area (Å²) in [6.45, 7) is 7.84. The number of rotatable bonds is 0. The molecule has 1 heterocycles. The van der Waals surface area contributed by atoms with Gasteiger partial charge in [0.05, 0.1) is 9.80 Å². The van der Waals surface area contributed by atoms with Crippen molar-refractivity contribution in [2.24, 2.45) is 5.41 Å². The van der Waals surface area contributed by atoms with Gasteiger partial charge in [-0.1, -0.05) is 39.0 Å². The molecule has 0 spiro atoms. The summed E-state index contributed by atoms with van der Waals surface area (Å²) >= 11 is 0. The third kappa shape index (κ3) is 1.42. The highest BCUT2D eigenvalue weighted by Gasteiger charge is 2.37. The van der Waals surface area contributed by atoms with E-state index in [1.165, 1.54) is 0 Å². The van der Waals surface area contributed by atoms with Crippen molar-refractivity contribution in [3.63, 3.8) is 0 Å². The predicted octanol–water partition coefficient (Wildman–Crippen LogP) is 3.25. The highest BCUT2D eigenvalue weighted by Crippen LogP contribution is 2.47. The molecule has 1 aromatic carbocycles. The zero-order valence-corrected chi connectivity index (χ0v) is 10.9. The zero-order valence-electron chi connectivity index (χ0n) is 10.0. The van der Waals surface area contributed by atoms with Crippen LogP contribution >= 0.6 is 0 Å². The smallest absolute Gasteiger partial charge is 0.203 e. The van der Waals surface area contributed by atoms with Crippen LogP contribution in [-0.2, 0) is 9.84 Å². The molecular weight excluding hydrogens is 220 g/mol. The Labute approximate surface area is 96.9 Å². The van der Waals surface area contributed by atoms with Gasteiger partial charge in [-0.25, -0.2) is 8.42 Å². The Morgan fingerprint density at radius 1 is 1.06 bits per heavy atom. The van der Waals surface area contributed by atoms with E-state index in [4.69, 9.17) is 0 Å². The summed E-state index contributed by atoms with van der Waals surface area (Å²) in [5, 5.41) is 0. The number of hydrogen-bond acceptors (Lipinski definition) is 2. The topological polar surface area (TPSA) is 34.1 Å². The van der Waals surface area contributed by atoms with Gasteiger partial charge in [0.2, 0.25) is 9.84 Å². The van der Waals surface area contributed by atoms with Crippen LogP contribution in [0.1, 0.15) is 33.3 Å². The van der Waals surface area contributed by atoms with Crippen molar-refractivity contribution in [2.45, 2.75) is 32.6 Å². The molecule has 0 bridgehead atoms. The van der Waals surface area contributed by atoms with Crippen molar-refractivity contribution in [3.8, 4) is 0 Å². The Morgan fingerprint density at radius 3 is 2.19 bits per heavy atom. The lowest BCUT2D eigenvalue weighted by Crippen LogP contribution is -2.08. The average molecular weight is 236 g/mol. The largest absolute Gasteiger partial charge is 0.219 e. The fourth-order valence-electron chi connectivity index (χ4n) is 2.33. The average Bonchev–Trinajstić information content (AvgIpc) is 2.35. The van der Waals surface area contributed by atoms with Crippen LogP contribution in [0.15, 0.2) is 34.1 Å². The van der Waals surface area contributed by atoms with Crippen molar-refractivity contribution in [3.05, 3.63) is 34.7 Å². The van der Waals surface area contributed by atoms with E-state index < -0.39 is 9.84 Å². The van der Waals surface area contributed by atoms with Crippen LogP contribution in [0.3, 0.4) is 0 Å². The summed E-state index contributed by atoms with van der Waals surface area (Å²) in [5.41, 5.74) is 1.67. The first-order valence-electron chi connectivity index (χ1n) is 5.32. The second-order valence-electron chi connectivity index (χ2n) is 5.18. The maximum atomic E-state index is 12.2. The first-order valence-corrected chi connectivity index (χ1v) is 6.80. The van der Waals surface area contributed by atoms with Gasteiger partial charge < -0.3 is 0 Å². The summed E-state index contributed by atoms with van der Waals surface area (Å²) in [4.78, 5) is 0.957. The third-order valence-electron chi connectivity index (χ3n) is 2.95. The van der Waals surface area contributed by atoms with Crippen molar-refractivity contribution in [2.75, 3.05) is 0 Å². The summed E-state index contributed by atoms with van der Waals surface area (Å²) in [6, 6.07) is 7.24. The van der Waals surface area contributed by atoms with E-state index in [1.54, 1.807) is 19.1 Å². The molecule has 0 aliphatic carbocycles. The van der Waals surface area contributed by atoms with E-state index in [-0.39, 0.29) is 5.41 Å². The van der Waals surface area contributed by atoms with E-state index in [1.807, 2.05) is 32.9 Å². The van der Waals surface area contributed by atoms with Crippen LogP contribution in [0.4, 0.5) is 0 Å². The Morgan fingerprint density at radius 2 is 1.62 bits per heavy atom. The molecule has 0 radical (unpaired) electrons. The van der Waals surface area contributed by atoms with E-state index in [0.717, 1.165) is 11.1 Å². The van der Waals surface area contributed by atoms with Crippen LogP contribution in [0.25, 0.3) is 5.57 Å². The maximum absolute atomic E-state index is 12.2. The molecule has 16 heavy (non-hydrogen) atoms. The molecule has 0 aromatic heterocycles. The molecule has 1 aromatic rings. The Bertz CT molecular complexity index is 572. The minimum atomic E-state index is -3.24. The molecule has 2 nitrogen and oxygen atoms in total. The van der Waals surface area contributed by atoms with Gasteiger partial charge in [-0.05, 0) is 29.5 Å². The van der Waals surface area contributed by atoms with Gasteiger partial charge in [0.1, 0.15) is 0 Å². The number of hydrogen-bond donors (Lipinski definition) is 0. The molecule has 2 rings (SSSR count). The quantitative estimate of drug-likeness (QED) is 0.693. The maximum Gasteiger partial charge on any atom is 0.203 e. The van der Waals surface area contributed by atoms with E-state index in [2.05, 4.69) is 0 Å². The van der Waals surface area contributed by atoms with Gasteiger partial charge in [0, 0.05) is 0 Å². The number of allylic oxidation sites excluding steroid dienone is 2. The molecule has 0 saturated heterocycles. The third-order valence-corrected chi connectivity index (χ3v) is 4.90. The van der Waals surface area contributed by atoms with Crippen molar-refractivity contribution < 1.29 is 8.42 Å². The molecule has 0 atom stereocenters. The van der Waals surface area contributed by atoms with E-state index >= 15 is 0 Å². The molecule has 1 aliphatic rings. The molecule has 3 heteroatoms. The molecule has 0 saturated carbocycles. The van der Waals surface area contributed by atoms with Crippen molar-refractivity contribution in [1.82, 2.24) is 0 Å². The lowest BCUT2D eigenvalue weighted by Gasteiger charge is -2.21. The molecular formula is C13H16O2S. The molecule has 0 unspecified atom stereocenters. The summed E-state index contributed by atoms with van der Waals surface area (Å²) in [6.07, 6.45) is 0. The highest BCUT2D eigenvalue weighted by atomic mass is 32.2. The molecule has 0 N–H and O–H groups in total. The SMILES string of the molecule is CC1=C(C(C)(C)C)c2ccccc2S1(=O)=O. The predicted molar refractivity (Wildman–Crippen MR) is 65.7 cm³/mol. The standard InChI is InChI=1S/C13H16O2S/c1-9-12(13(2,3)4)10-7-5-6-8-11(10)16(9,14)15/h5-8H,1-4H3. The lowest BCUT2D eigenvalue weighted by atomic mass is 9.82. The minimum Gasteiger partial charge on any atom is -0.219 e. The fraction of sp³-hybridized carbons (Fsp3) is 0.385. The van der Waals surface area contributed by atoms with Gasteiger partial charge in [-0.2, -0.15) is 0 Å². The monoisotopic (exact) mass is 236 g/mol. The first kappa shape index (κ1) is 11.4. The molecule has 0 amide bonds. The Hall–Kier alpha value is -1.09. The van der Waals surface area contributed by atoms with Crippen LogP contribution in [0.2, 0.25) is 0 Å². The van der Waals surface area contributed by atoms with Crippen molar-refractivity contribution >= 4 is 15.4 Å². The van der Waals surface area contributed by atoms with E-state index in [9.17, 15) is 8.42 Å². The number of fused-ring (bicyclic) bond motifs is 1. The first-order chi connectivity index (χ1) is 7.26. The van der Waals surface area contributed by atoms with Crippen LogP contribution in [0.5, 0.6) is 0 Å². The molecule has 0 fully saturated rings. The lowest BCUT2D eigenvalue weighted by molar-refractivity contribution is 0.564. The summed E-state index contributed by atoms with van der Waals surface area (Å²) in [5.74, 6) is 0. The Balaban J connectivity index is 2.86. The van der Waals surface area contributed by atoms with Gasteiger partial charge in [-0.15, -0.1) is 0 Å². The molecule has 86 valence electrons. The normalized spacial score (nSPS) is 18.8. The van der Waals surface area contributed by atoms with Crippen LogP contribution in [0, 0.1) is 5.41 Å². The molecule has 1 aliphatic heterocycles. The van der Waals surface area contributed by atoms with Crippen LogP contribution < -0.4 is 0 Å². The zero-order chi connectivity index (χ0) is 12.1. The summed E-state index contributed by atoms with van der Waals surface area (Å²) in [7, 11) is -3.24. The summed E-state index contributed by atoms with van der Waals surface area (Å²) < 4.78 is 24.4. The minimum absolute atomic E-state index is 0.149. The highest BCUT2D eigenvalue weighted by molar-refractivity contribution is 7.95. The van der Waals surface area contributed by atoms with Crippen LogP contribution in [-0.4, -0.2) is 8.42 Å². The second kappa shape index (κ2) is 3.20.